The third kappa shape index (κ3) is 3.92. The van der Waals surface area contributed by atoms with Crippen LogP contribution >= 0.6 is 0 Å². The van der Waals surface area contributed by atoms with Crippen molar-refractivity contribution in [2.45, 2.75) is 6.92 Å². The Balaban J connectivity index is 1.42. The summed E-state index contributed by atoms with van der Waals surface area (Å²) in [6, 6.07) is 21.7. The van der Waals surface area contributed by atoms with Crippen molar-refractivity contribution in [1.29, 1.82) is 0 Å². The number of hydrogen-bond acceptors (Lipinski definition) is 6. The number of benzene rings is 3. The molecule has 4 aromatic rings. The largest absolute Gasteiger partial charge is 0.462 e. The van der Waals surface area contributed by atoms with E-state index in [2.05, 4.69) is 10.4 Å². The van der Waals surface area contributed by atoms with Gasteiger partial charge in [0.05, 0.1) is 35.3 Å². The van der Waals surface area contributed by atoms with Crippen LogP contribution in [0.25, 0.3) is 5.69 Å². The number of carbonyl (C=O) groups excluding carboxylic acids is 4. The van der Waals surface area contributed by atoms with Crippen molar-refractivity contribution in [3.8, 4) is 5.69 Å². The molecular formula is C27H20N4O5. The number of aromatic nitrogens is 2. The number of nitrogens with zero attached hydrogens (tertiary/aromatic N) is 3. The van der Waals surface area contributed by atoms with E-state index in [1.807, 2.05) is 18.2 Å². The second kappa shape index (κ2) is 9.30. The van der Waals surface area contributed by atoms with Gasteiger partial charge in [0.15, 0.2) is 5.82 Å². The van der Waals surface area contributed by atoms with Crippen molar-refractivity contribution in [1.82, 2.24) is 9.78 Å². The van der Waals surface area contributed by atoms with Gasteiger partial charge in [0.25, 0.3) is 17.7 Å². The Morgan fingerprint density at radius 2 is 1.44 bits per heavy atom. The van der Waals surface area contributed by atoms with Gasteiger partial charge in [-0.1, -0.05) is 30.3 Å². The number of imide groups is 1. The van der Waals surface area contributed by atoms with E-state index in [0.717, 1.165) is 4.90 Å². The highest BCUT2D eigenvalue weighted by Gasteiger charge is 2.36. The highest BCUT2D eigenvalue weighted by atomic mass is 16.5. The van der Waals surface area contributed by atoms with Gasteiger partial charge < -0.3 is 10.1 Å². The van der Waals surface area contributed by atoms with Crippen LogP contribution in [0.5, 0.6) is 0 Å². The number of anilines is 2. The molecule has 0 unspecified atom stereocenters. The summed E-state index contributed by atoms with van der Waals surface area (Å²) < 4.78 is 6.55. The van der Waals surface area contributed by atoms with Crippen LogP contribution in [0, 0.1) is 0 Å². The molecular weight excluding hydrogens is 460 g/mol. The molecule has 0 aliphatic carbocycles. The standard InChI is InChI=1S/C27H20N4O5/c1-2-36-27(35)22-16-28-31(19-8-4-3-5-9-19)23(22)29-24(32)17-12-14-18(15-13-17)30-25(33)20-10-6-7-11-21(20)26(30)34/h3-16H,2H2,1H3,(H,29,32). The van der Waals surface area contributed by atoms with Crippen LogP contribution in [0.2, 0.25) is 0 Å². The average molecular weight is 480 g/mol. The molecule has 1 aliphatic heterocycles. The fourth-order valence-corrected chi connectivity index (χ4v) is 3.96. The molecule has 0 fully saturated rings. The summed E-state index contributed by atoms with van der Waals surface area (Å²) in [5.74, 6) is -1.80. The van der Waals surface area contributed by atoms with Gasteiger partial charge in [-0.25, -0.2) is 14.4 Å². The third-order valence-electron chi connectivity index (χ3n) is 5.68. The van der Waals surface area contributed by atoms with Gasteiger partial charge in [0.2, 0.25) is 0 Å². The van der Waals surface area contributed by atoms with Crippen LogP contribution in [-0.4, -0.2) is 40.1 Å². The van der Waals surface area contributed by atoms with Crippen LogP contribution in [0.3, 0.4) is 0 Å². The Hall–Kier alpha value is -5.05. The molecule has 178 valence electrons. The minimum Gasteiger partial charge on any atom is -0.462 e. The number of hydrogen-bond donors (Lipinski definition) is 1. The molecule has 0 saturated heterocycles. The van der Waals surface area contributed by atoms with Crippen molar-refractivity contribution in [3.05, 3.63) is 107 Å². The second-order valence-corrected chi connectivity index (χ2v) is 7.87. The number of carbonyl (C=O) groups is 4. The predicted molar refractivity (Wildman–Crippen MR) is 131 cm³/mol. The van der Waals surface area contributed by atoms with Gasteiger partial charge >= 0.3 is 5.97 Å². The first-order chi connectivity index (χ1) is 17.5. The zero-order valence-electron chi connectivity index (χ0n) is 19.2. The Morgan fingerprint density at radius 3 is 2.06 bits per heavy atom. The molecule has 9 heteroatoms. The Bertz CT molecular complexity index is 1460. The van der Waals surface area contributed by atoms with Crippen molar-refractivity contribution >= 4 is 35.2 Å². The van der Waals surface area contributed by atoms with Crippen molar-refractivity contribution in [2.24, 2.45) is 0 Å². The summed E-state index contributed by atoms with van der Waals surface area (Å²) in [5, 5.41) is 7.01. The third-order valence-corrected chi connectivity index (χ3v) is 5.68. The molecule has 0 spiro atoms. The average Bonchev–Trinajstić information content (AvgIpc) is 3.43. The number of nitrogens with one attached hydrogen (secondary N) is 1. The summed E-state index contributed by atoms with van der Waals surface area (Å²) in [7, 11) is 0. The molecule has 0 radical (unpaired) electrons. The first-order valence-electron chi connectivity index (χ1n) is 11.2. The zero-order valence-corrected chi connectivity index (χ0v) is 19.2. The SMILES string of the molecule is CCOC(=O)c1cnn(-c2ccccc2)c1NC(=O)c1ccc(N2C(=O)c3ccccc3C2=O)cc1. The minimum absolute atomic E-state index is 0.108. The first kappa shape index (κ1) is 22.7. The number of para-hydroxylation sites is 1. The second-order valence-electron chi connectivity index (χ2n) is 7.87. The van der Waals surface area contributed by atoms with E-state index in [9.17, 15) is 19.2 Å². The number of amides is 3. The molecule has 3 aromatic carbocycles. The van der Waals surface area contributed by atoms with E-state index < -0.39 is 23.7 Å². The predicted octanol–water partition coefficient (Wildman–Crippen LogP) is 4.10. The van der Waals surface area contributed by atoms with Crippen LogP contribution in [0.1, 0.15) is 48.4 Å². The fourth-order valence-electron chi connectivity index (χ4n) is 3.96. The van der Waals surface area contributed by atoms with Crippen LogP contribution in [0.15, 0.2) is 85.1 Å². The lowest BCUT2D eigenvalue weighted by Crippen LogP contribution is -2.29. The summed E-state index contributed by atoms with van der Waals surface area (Å²) in [6.07, 6.45) is 1.34. The molecule has 1 aliphatic rings. The van der Waals surface area contributed by atoms with Crippen LogP contribution < -0.4 is 10.2 Å². The van der Waals surface area contributed by atoms with E-state index in [1.165, 1.54) is 35.1 Å². The number of fused-ring (bicyclic) bond motifs is 1. The molecule has 5 rings (SSSR count). The highest BCUT2D eigenvalue weighted by molar-refractivity contribution is 6.34. The molecule has 0 bridgehead atoms. The monoisotopic (exact) mass is 480 g/mol. The molecule has 3 amide bonds. The lowest BCUT2D eigenvalue weighted by Gasteiger charge is -2.15. The van der Waals surface area contributed by atoms with E-state index in [0.29, 0.717) is 22.5 Å². The van der Waals surface area contributed by atoms with Crippen LogP contribution in [-0.2, 0) is 4.74 Å². The van der Waals surface area contributed by atoms with Gasteiger partial charge in [-0.3, -0.25) is 14.4 Å². The number of rotatable bonds is 6. The lowest BCUT2D eigenvalue weighted by atomic mass is 10.1. The number of esters is 1. The summed E-state index contributed by atoms with van der Waals surface area (Å²) >= 11 is 0. The van der Waals surface area contributed by atoms with E-state index >= 15 is 0 Å². The van der Waals surface area contributed by atoms with Gasteiger partial charge in [0, 0.05) is 5.56 Å². The van der Waals surface area contributed by atoms with Crippen molar-refractivity contribution in [2.75, 3.05) is 16.8 Å². The van der Waals surface area contributed by atoms with Crippen molar-refractivity contribution < 1.29 is 23.9 Å². The summed E-state index contributed by atoms with van der Waals surface area (Å²) in [4.78, 5) is 52.1. The lowest BCUT2D eigenvalue weighted by molar-refractivity contribution is 0.0527. The normalized spacial score (nSPS) is 12.4. The fraction of sp³-hybridized carbons (Fsp3) is 0.0741. The van der Waals surface area contributed by atoms with Gasteiger partial charge in [-0.2, -0.15) is 5.10 Å². The van der Waals surface area contributed by atoms with Gasteiger partial charge in [-0.15, -0.1) is 0 Å². The maximum atomic E-state index is 13.1. The summed E-state index contributed by atoms with van der Waals surface area (Å²) in [5.41, 5.74) is 2.03. The molecule has 0 saturated carbocycles. The quantitative estimate of drug-likeness (QED) is 0.329. The molecule has 9 nitrogen and oxygen atoms in total. The maximum Gasteiger partial charge on any atom is 0.343 e. The minimum atomic E-state index is -0.615. The Labute approximate surface area is 205 Å². The van der Waals surface area contributed by atoms with E-state index in [-0.39, 0.29) is 23.6 Å². The molecule has 0 atom stereocenters. The Morgan fingerprint density at radius 1 is 0.833 bits per heavy atom. The van der Waals surface area contributed by atoms with Gasteiger partial charge in [0.1, 0.15) is 5.56 Å². The smallest absolute Gasteiger partial charge is 0.343 e. The van der Waals surface area contributed by atoms with E-state index in [4.69, 9.17) is 4.74 Å². The van der Waals surface area contributed by atoms with Crippen LogP contribution in [0.4, 0.5) is 11.5 Å². The van der Waals surface area contributed by atoms with E-state index in [1.54, 1.807) is 43.3 Å². The van der Waals surface area contributed by atoms with Gasteiger partial charge in [-0.05, 0) is 55.5 Å². The first-order valence-corrected chi connectivity index (χ1v) is 11.2. The Kier molecular flexibility index (Phi) is 5.87. The molecule has 1 aromatic heterocycles. The van der Waals surface area contributed by atoms with Crippen molar-refractivity contribution in [3.63, 3.8) is 0 Å². The maximum absolute atomic E-state index is 13.1. The summed E-state index contributed by atoms with van der Waals surface area (Å²) in [6.45, 7) is 1.86. The topological polar surface area (TPSA) is 111 Å². The molecule has 2 heterocycles. The number of ether oxygens (including phenoxy) is 1. The zero-order chi connectivity index (χ0) is 25.2. The molecule has 36 heavy (non-hydrogen) atoms. The molecule has 1 N–H and O–H groups in total. The highest BCUT2D eigenvalue weighted by Crippen LogP contribution is 2.29.